The van der Waals surface area contributed by atoms with Crippen LogP contribution in [-0.4, -0.2) is 77.6 Å². The van der Waals surface area contributed by atoms with Gasteiger partial charge in [-0.05, 0) is 62.8 Å². The standard InChI is InChI=1S/C34H34F5N7O2S/c1-16-24(7-10-46(16)17(2)47)45(4)31-20-11-22(34(37,38)39)26(19-5-6-23(35)29-25(19)21(13-40)30(41)49-29)27(36)28(20)42-32(43-31)48-14-18-12-33(8-9-33)15-44(18)3/h5-6,11,16,18,24H,7-10,12,14-15,41H2,1-4H3/t16-,18-,24-/m0/s1. The number of ether oxygens (including phenoxy) is 1. The molecule has 4 heterocycles. The van der Waals surface area contributed by atoms with Gasteiger partial charge in [-0.3, -0.25) is 9.69 Å². The molecule has 9 nitrogen and oxygen atoms in total. The molecule has 2 saturated heterocycles. The zero-order valence-corrected chi connectivity index (χ0v) is 28.1. The minimum atomic E-state index is -5.08. The smallest absolute Gasteiger partial charge is 0.417 e. The zero-order valence-electron chi connectivity index (χ0n) is 27.3. The van der Waals surface area contributed by atoms with Crippen LogP contribution in [0.4, 0.5) is 32.8 Å². The molecule has 3 aliphatic rings. The topological polar surface area (TPSA) is 112 Å². The fourth-order valence-corrected chi connectivity index (χ4v) is 8.79. The minimum Gasteiger partial charge on any atom is -0.462 e. The maximum atomic E-state index is 17.0. The Labute approximate surface area is 283 Å². The summed E-state index contributed by atoms with van der Waals surface area (Å²) >= 11 is 0.702. The second-order valence-electron chi connectivity index (χ2n) is 13.6. The predicted molar refractivity (Wildman–Crippen MR) is 176 cm³/mol. The van der Waals surface area contributed by atoms with Gasteiger partial charge in [-0.15, -0.1) is 11.3 Å². The summed E-state index contributed by atoms with van der Waals surface area (Å²) < 4.78 is 82.8. The van der Waals surface area contributed by atoms with Gasteiger partial charge < -0.3 is 20.3 Å². The molecule has 1 spiro atoms. The van der Waals surface area contributed by atoms with Gasteiger partial charge in [-0.2, -0.15) is 28.4 Å². The number of benzene rings is 2. The highest BCUT2D eigenvalue weighted by Crippen LogP contribution is 2.54. The van der Waals surface area contributed by atoms with Crippen molar-refractivity contribution >= 4 is 49.1 Å². The molecule has 15 heteroatoms. The summed E-state index contributed by atoms with van der Waals surface area (Å²) in [6, 6.07) is 3.76. The molecule has 0 bridgehead atoms. The molecule has 1 aliphatic carbocycles. The van der Waals surface area contributed by atoms with Gasteiger partial charge in [0.1, 0.15) is 34.8 Å². The molecule has 3 fully saturated rings. The normalized spacial score (nSPS) is 22.0. The van der Waals surface area contributed by atoms with Crippen molar-refractivity contribution in [3.63, 3.8) is 0 Å². The number of carbonyl (C=O) groups excluding carboxylic acids is 1. The molecule has 2 aromatic heterocycles. The van der Waals surface area contributed by atoms with Crippen LogP contribution in [0.1, 0.15) is 50.7 Å². The second kappa shape index (κ2) is 11.7. The fourth-order valence-electron chi connectivity index (χ4n) is 7.84. The lowest BCUT2D eigenvalue weighted by Crippen LogP contribution is -2.43. The van der Waals surface area contributed by atoms with Crippen LogP contribution in [0.5, 0.6) is 6.01 Å². The molecule has 7 rings (SSSR count). The van der Waals surface area contributed by atoms with E-state index in [0.29, 0.717) is 24.3 Å². The van der Waals surface area contributed by atoms with Crippen LogP contribution in [0, 0.1) is 28.4 Å². The van der Waals surface area contributed by atoms with Crippen molar-refractivity contribution in [2.24, 2.45) is 5.41 Å². The molecule has 4 aromatic rings. The van der Waals surface area contributed by atoms with Gasteiger partial charge in [0.15, 0.2) is 5.82 Å². The molecule has 2 N–H and O–H groups in total. The average molecular weight is 700 g/mol. The highest BCUT2D eigenvalue weighted by Gasteiger charge is 2.51. The number of aromatic nitrogens is 2. The summed E-state index contributed by atoms with van der Waals surface area (Å²) in [5.41, 5.74) is 2.99. The first-order valence-corrected chi connectivity index (χ1v) is 16.8. The lowest BCUT2D eigenvalue weighted by molar-refractivity contribution is -0.137. The largest absolute Gasteiger partial charge is 0.462 e. The summed E-state index contributed by atoms with van der Waals surface area (Å²) in [5.74, 6) is -2.25. The number of likely N-dealkylation sites (N-methyl/N-ethyl adjacent to an activating group) is 2. The van der Waals surface area contributed by atoms with Gasteiger partial charge in [0.25, 0.3) is 0 Å². The van der Waals surface area contributed by atoms with E-state index >= 15 is 4.39 Å². The molecule has 49 heavy (non-hydrogen) atoms. The fraction of sp³-hybridized carbons (Fsp3) is 0.471. The van der Waals surface area contributed by atoms with E-state index in [-0.39, 0.29) is 79.5 Å². The summed E-state index contributed by atoms with van der Waals surface area (Å²) in [6.45, 7) is 4.86. The van der Waals surface area contributed by atoms with Gasteiger partial charge in [0.2, 0.25) is 5.91 Å². The first kappa shape index (κ1) is 33.2. The van der Waals surface area contributed by atoms with Crippen molar-refractivity contribution in [3.05, 3.63) is 41.0 Å². The van der Waals surface area contributed by atoms with Crippen LogP contribution in [-0.2, 0) is 11.0 Å². The Hall–Kier alpha value is -4.29. The molecule has 2 aromatic carbocycles. The van der Waals surface area contributed by atoms with Crippen LogP contribution in [0.3, 0.4) is 0 Å². The maximum Gasteiger partial charge on any atom is 0.417 e. The van der Waals surface area contributed by atoms with Crippen molar-refractivity contribution in [3.8, 4) is 23.2 Å². The maximum absolute atomic E-state index is 17.0. The Bertz CT molecular complexity index is 2060. The molecule has 3 atom stereocenters. The summed E-state index contributed by atoms with van der Waals surface area (Å²) in [4.78, 5) is 26.7. The van der Waals surface area contributed by atoms with Crippen molar-refractivity contribution < 1.29 is 31.5 Å². The Kier molecular flexibility index (Phi) is 7.90. The molecule has 0 unspecified atom stereocenters. The molecular formula is C34H34F5N7O2S. The van der Waals surface area contributed by atoms with Crippen LogP contribution >= 0.6 is 11.3 Å². The number of hydrogen-bond acceptors (Lipinski definition) is 9. The van der Waals surface area contributed by atoms with Crippen LogP contribution in [0.2, 0.25) is 0 Å². The lowest BCUT2D eigenvalue weighted by atomic mass is 9.92. The first-order valence-electron chi connectivity index (χ1n) is 16.0. The quantitative estimate of drug-likeness (QED) is 0.225. The van der Waals surface area contributed by atoms with E-state index in [2.05, 4.69) is 14.9 Å². The molecule has 2 aliphatic heterocycles. The van der Waals surface area contributed by atoms with E-state index in [1.807, 2.05) is 20.0 Å². The van der Waals surface area contributed by atoms with Crippen molar-refractivity contribution in [2.45, 2.75) is 63.8 Å². The van der Waals surface area contributed by atoms with Crippen molar-refractivity contribution in [1.29, 1.82) is 5.26 Å². The van der Waals surface area contributed by atoms with E-state index < -0.39 is 34.5 Å². The van der Waals surface area contributed by atoms with E-state index in [1.165, 1.54) is 6.92 Å². The number of anilines is 2. The molecule has 1 saturated carbocycles. The zero-order chi connectivity index (χ0) is 35.2. The number of nitrogen functional groups attached to an aromatic ring is 1. The number of halogens is 5. The van der Waals surface area contributed by atoms with Crippen LogP contribution in [0.15, 0.2) is 18.2 Å². The number of likely N-dealkylation sites (tertiary alicyclic amines) is 2. The van der Waals surface area contributed by atoms with Crippen LogP contribution in [0.25, 0.3) is 32.1 Å². The summed E-state index contributed by atoms with van der Waals surface area (Å²) in [7, 11) is 3.65. The van der Waals surface area contributed by atoms with E-state index in [9.17, 15) is 27.6 Å². The Balaban J connectivity index is 1.44. The van der Waals surface area contributed by atoms with Gasteiger partial charge in [0.05, 0.1) is 21.9 Å². The number of carbonyl (C=O) groups is 1. The van der Waals surface area contributed by atoms with Gasteiger partial charge >= 0.3 is 12.2 Å². The van der Waals surface area contributed by atoms with Gasteiger partial charge in [-0.25, -0.2) is 8.78 Å². The number of amides is 1. The highest BCUT2D eigenvalue weighted by molar-refractivity contribution is 7.23. The van der Waals surface area contributed by atoms with Gasteiger partial charge in [-0.1, -0.05) is 6.07 Å². The average Bonchev–Trinajstić information content (AvgIpc) is 3.36. The van der Waals surface area contributed by atoms with E-state index in [4.69, 9.17) is 10.5 Å². The third-order valence-electron chi connectivity index (χ3n) is 10.6. The minimum absolute atomic E-state index is 0.0124. The number of nitrogens with two attached hydrogens (primary N) is 1. The lowest BCUT2D eigenvalue weighted by Gasteiger charge is -2.32. The summed E-state index contributed by atoms with van der Waals surface area (Å²) in [6.07, 6.45) is -1.38. The third kappa shape index (κ3) is 5.49. The number of nitrogens with zero attached hydrogens (tertiary/aromatic N) is 6. The van der Waals surface area contributed by atoms with Gasteiger partial charge in [0, 0.05) is 55.5 Å². The number of hydrogen-bond donors (Lipinski definition) is 1. The Morgan fingerprint density at radius 3 is 2.61 bits per heavy atom. The van der Waals surface area contributed by atoms with Crippen molar-refractivity contribution in [1.82, 2.24) is 19.8 Å². The second-order valence-corrected chi connectivity index (χ2v) is 14.6. The third-order valence-corrected chi connectivity index (χ3v) is 11.6. The number of fused-ring (bicyclic) bond motifs is 2. The predicted octanol–water partition coefficient (Wildman–Crippen LogP) is 6.57. The Morgan fingerprint density at radius 1 is 1.27 bits per heavy atom. The molecule has 1 amide bonds. The van der Waals surface area contributed by atoms with E-state index in [1.54, 1.807) is 16.8 Å². The van der Waals surface area contributed by atoms with E-state index in [0.717, 1.165) is 44.0 Å². The first-order chi connectivity index (χ1) is 23.1. The van der Waals surface area contributed by atoms with Crippen LogP contribution < -0.4 is 15.4 Å². The monoisotopic (exact) mass is 699 g/mol. The molecular weight excluding hydrogens is 665 g/mol. The highest BCUT2D eigenvalue weighted by atomic mass is 32.1. The molecule has 0 radical (unpaired) electrons. The number of thiophene rings is 1. The number of rotatable bonds is 6. The number of alkyl halides is 3. The van der Waals surface area contributed by atoms with Crippen molar-refractivity contribution in [2.75, 3.05) is 44.4 Å². The summed E-state index contributed by atoms with van der Waals surface area (Å²) in [5, 5.41) is 9.30. The SMILES string of the molecule is CC(=O)N1CC[C@H](N(C)c2nc(OC[C@@H]3CC4(CC4)CN3C)nc3c(F)c(-c4ccc(F)c5sc(N)c(C#N)c45)c(C(F)(F)F)cc23)[C@@H]1C. The Morgan fingerprint density at radius 2 is 2.00 bits per heavy atom. The molecule has 258 valence electrons. The number of nitriles is 1.